The Balaban J connectivity index is 3.63. The summed E-state index contributed by atoms with van der Waals surface area (Å²) in [5.41, 5.74) is 0. The Morgan fingerprint density at radius 1 is 0.364 bits per heavy atom. The number of aliphatic hydroxyl groups excluding tert-OH is 1. The molecule has 0 spiro atoms. The predicted molar refractivity (Wildman–Crippen MR) is 288 cm³/mol. The van der Waals surface area contributed by atoms with Crippen LogP contribution in [0.25, 0.3) is 0 Å². The van der Waals surface area contributed by atoms with Crippen LogP contribution in [-0.2, 0) is 19.1 Å². The van der Waals surface area contributed by atoms with E-state index in [0.29, 0.717) is 12.8 Å². The lowest BCUT2D eigenvalue weighted by atomic mass is 10.0. The smallest absolute Gasteiger partial charge is 0.306 e. The molecule has 0 bridgehead atoms. The summed E-state index contributed by atoms with van der Waals surface area (Å²) in [5, 5.41) is 9.62. The van der Waals surface area contributed by atoms with Gasteiger partial charge in [0.05, 0.1) is 6.61 Å². The van der Waals surface area contributed by atoms with E-state index in [0.717, 1.165) is 109 Å². The number of ether oxygens (including phenoxy) is 2. The molecule has 5 nitrogen and oxygen atoms in total. The molecule has 0 rings (SSSR count). The molecule has 0 saturated carbocycles. The Bertz CT molecular complexity index is 1350. The summed E-state index contributed by atoms with van der Waals surface area (Å²) in [6.45, 7) is 4.02. The lowest BCUT2D eigenvalue weighted by molar-refractivity contribution is -0.161. The zero-order valence-electron chi connectivity index (χ0n) is 42.7. The molecule has 0 radical (unpaired) electrons. The van der Waals surface area contributed by atoms with Crippen molar-refractivity contribution >= 4 is 11.9 Å². The Labute approximate surface area is 407 Å². The SMILES string of the molecule is CC/C=C\C/C=C\C/C=C\C/C=C\C/C=C\C/C=C\C/C=C\C/C=C\C/C=C\C/C=C\CCCCCCCCC(=O)OC(CO)COC(=O)CCCCCCCCCCCCCCCCC. The summed E-state index contributed by atoms with van der Waals surface area (Å²) in [7, 11) is 0. The van der Waals surface area contributed by atoms with E-state index in [4.69, 9.17) is 9.47 Å². The number of carbonyl (C=O) groups is 2. The van der Waals surface area contributed by atoms with Crippen molar-refractivity contribution in [2.45, 2.75) is 238 Å². The van der Waals surface area contributed by atoms with Crippen molar-refractivity contribution in [3.05, 3.63) is 122 Å². The third kappa shape index (κ3) is 52.9. The van der Waals surface area contributed by atoms with Gasteiger partial charge >= 0.3 is 11.9 Å². The van der Waals surface area contributed by atoms with Gasteiger partial charge in [0.2, 0.25) is 0 Å². The monoisotopic (exact) mass is 913 g/mol. The number of rotatable bonds is 48. The van der Waals surface area contributed by atoms with Crippen molar-refractivity contribution in [2.24, 2.45) is 0 Å². The number of carbonyl (C=O) groups excluding carboxylic acids is 2. The zero-order chi connectivity index (χ0) is 47.7. The predicted octanol–water partition coefficient (Wildman–Crippen LogP) is 18.3. The number of unbranched alkanes of at least 4 members (excludes halogenated alkanes) is 20. The van der Waals surface area contributed by atoms with Crippen LogP contribution in [-0.4, -0.2) is 36.4 Å². The highest BCUT2D eigenvalue weighted by Crippen LogP contribution is 2.15. The minimum atomic E-state index is -0.786. The van der Waals surface area contributed by atoms with Gasteiger partial charge in [-0.05, 0) is 89.9 Å². The highest BCUT2D eigenvalue weighted by atomic mass is 16.6. The first-order chi connectivity index (χ1) is 32.6. The van der Waals surface area contributed by atoms with Crippen LogP contribution < -0.4 is 0 Å². The molecular formula is C61H100O5. The lowest BCUT2D eigenvalue weighted by Gasteiger charge is -2.15. The maximum atomic E-state index is 12.3. The third-order valence-corrected chi connectivity index (χ3v) is 11.3. The van der Waals surface area contributed by atoms with E-state index < -0.39 is 6.10 Å². The zero-order valence-corrected chi connectivity index (χ0v) is 42.7. The molecule has 0 aliphatic carbocycles. The molecule has 5 heteroatoms. The number of hydrogen-bond donors (Lipinski definition) is 1. The van der Waals surface area contributed by atoms with Crippen molar-refractivity contribution in [1.29, 1.82) is 0 Å². The van der Waals surface area contributed by atoms with Crippen molar-refractivity contribution in [3.63, 3.8) is 0 Å². The second-order valence-electron chi connectivity index (χ2n) is 17.6. The topological polar surface area (TPSA) is 72.8 Å². The standard InChI is InChI=1S/C61H100O5/c1-3-5-7-9-11-13-15-17-19-20-21-22-23-24-25-26-27-28-29-30-31-32-33-34-35-36-37-38-39-40-42-44-46-48-50-52-54-56-61(64)66-59(57-62)58-65-60(63)55-53-51-49-47-45-43-41-18-16-14-12-10-8-6-4-2/h5,7,11,13,17,19,21-22,24-25,27-28,30-31,33-34,36-37,39-40,59,62H,3-4,6,8-10,12,14-16,18,20,23,26,29,32,35,38,41-58H2,1-2H3/b7-5-,13-11-,19-17-,22-21-,25-24-,28-27-,31-30-,34-33-,37-36-,40-39-. The van der Waals surface area contributed by atoms with Crippen LogP contribution in [0.15, 0.2) is 122 Å². The first kappa shape index (κ1) is 62.3. The average Bonchev–Trinajstić information content (AvgIpc) is 3.32. The fourth-order valence-corrected chi connectivity index (χ4v) is 7.23. The summed E-state index contributed by atoms with van der Waals surface area (Å²) in [5.74, 6) is -0.609. The summed E-state index contributed by atoms with van der Waals surface area (Å²) in [4.78, 5) is 24.4. The highest BCUT2D eigenvalue weighted by Gasteiger charge is 2.16. The normalized spacial score (nSPS) is 13.2. The molecule has 0 aliphatic heterocycles. The van der Waals surface area contributed by atoms with E-state index in [9.17, 15) is 14.7 Å². The molecule has 374 valence electrons. The van der Waals surface area contributed by atoms with Gasteiger partial charge in [-0.15, -0.1) is 0 Å². The van der Waals surface area contributed by atoms with Gasteiger partial charge in [0.1, 0.15) is 6.61 Å². The molecule has 0 heterocycles. The molecule has 0 aromatic rings. The minimum absolute atomic E-state index is 0.0758. The molecule has 1 unspecified atom stereocenters. The molecule has 0 fully saturated rings. The van der Waals surface area contributed by atoms with Crippen LogP contribution in [0.3, 0.4) is 0 Å². The van der Waals surface area contributed by atoms with Gasteiger partial charge in [-0.1, -0.05) is 251 Å². The fraction of sp³-hybridized carbons (Fsp3) is 0.639. The molecular weight excluding hydrogens is 813 g/mol. The minimum Gasteiger partial charge on any atom is -0.462 e. The largest absolute Gasteiger partial charge is 0.462 e. The summed E-state index contributed by atoms with van der Waals surface area (Å²) in [6.07, 6.45) is 81.5. The first-order valence-electron chi connectivity index (χ1n) is 27.1. The summed E-state index contributed by atoms with van der Waals surface area (Å²) in [6, 6.07) is 0. The van der Waals surface area contributed by atoms with Gasteiger partial charge < -0.3 is 14.6 Å². The summed E-state index contributed by atoms with van der Waals surface area (Å²) >= 11 is 0. The molecule has 0 aromatic carbocycles. The Kier molecular flexibility index (Phi) is 52.5. The molecule has 66 heavy (non-hydrogen) atoms. The number of esters is 2. The van der Waals surface area contributed by atoms with Gasteiger partial charge in [-0.3, -0.25) is 9.59 Å². The maximum absolute atomic E-state index is 12.3. The number of allylic oxidation sites excluding steroid dienone is 20. The second-order valence-corrected chi connectivity index (χ2v) is 17.6. The second kappa shape index (κ2) is 55.6. The van der Waals surface area contributed by atoms with Crippen molar-refractivity contribution in [3.8, 4) is 0 Å². The van der Waals surface area contributed by atoms with E-state index in [1.165, 1.54) is 96.3 Å². The Morgan fingerprint density at radius 2 is 0.652 bits per heavy atom. The van der Waals surface area contributed by atoms with Crippen LogP contribution in [0.4, 0.5) is 0 Å². The van der Waals surface area contributed by atoms with E-state index >= 15 is 0 Å². The van der Waals surface area contributed by atoms with Crippen LogP contribution in [0, 0.1) is 0 Å². The molecule has 0 saturated heterocycles. The fourth-order valence-electron chi connectivity index (χ4n) is 7.23. The van der Waals surface area contributed by atoms with Crippen molar-refractivity contribution in [2.75, 3.05) is 13.2 Å². The summed E-state index contributed by atoms with van der Waals surface area (Å²) < 4.78 is 10.7. The average molecular weight is 913 g/mol. The maximum Gasteiger partial charge on any atom is 0.306 e. The first-order valence-corrected chi connectivity index (χ1v) is 27.1. The van der Waals surface area contributed by atoms with Crippen LogP contribution in [0.2, 0.25) is 0 Å². The molecule has 1 atom stereocenters. The van der Waals surface area contributed by atoms with Gasteiger partial charge in [-0.2, -0.15) is 0 Å². The molecule has 1 N–H and O–H groups in total. The quantitative estimate of drug-likeness (QED) is 0.0374. The third-order valence-electron chi connectivity index (χ3n) is 11.3. The lowest BCUT2D eigenvalue weighted by Crippen LogP contribution is -2.28. The van der Waals surface area contributed by atoms with Crippen LogP contribution in [0.5, 0.6) is 0 Å². The number of aliphatic hydroxyl groups is 1. The Hall–Kier alpha value is -3.70. The van der Waals surface area contributed by atoms with Crippen molar-refractivity contribution in [1.82, 2.24) is 0 Å². The van der Waals surface area contributed by atoms with E-state index in [1.54, 1.807) is 0 Å². The van der Waals surface area contributed by atoms with Crippen molar-refractivity contribution < 1.29 is 24.2 Å². The number of hydrogen-bond acceptors (Lipinski definition) is 5. The van der Waals surface area contributed by atoms with Gasteiger partial charge in [0.25, 0.3) is 0 Å². The molecule has 0 aromatic heterocycles. The molecule has 0 amide bonds. The Morgan fingerprint density at radius 3 is 0.985 bits per heavy atom. The van der Waals surface area contributed by atoms with E-state index in [1.807, 2.05) is 0 Å². The van der Waals surface area contributed by atoms with Crippen LogP contribution in [0.1, 0.15) is 232 Å². The van der Waals surface area contributed by atoms with Crippen LogP contribution >= 0.6 is 0 Å². The van der Waals surface area contributed by atoms with E-state index in [2.05, 4.69) is 135 Å². The van der Waals surface area contributed by atoms with Gasteiger partial charge in [0.15, 0.2) is 6.10 Å². The molecule has 0 aliphatic rings. The highest BCUT2D eigenvalue weighted by molar-refractivity contribution is 5.70. The van der Waals surface area contributed by atoms with E-state index in [-0.39, 0.29) is 25.2 Å². The van der Waals surface area contributed by atoms with Gasteiger partial charge in [-0.25, -0.2) is 0 Å². The van der Waals surface area contributed by atoms with Gasteiger partial charge in [0, 0.05) is 12.8 Å².